The highest BCUT2D eigenvalue weighted by Gasteiger charge is 2.52. The van der Waals surface area contributed by atoms with E-state index < -0.39 is 0 Å². The number of hydrogen-bond acceptors (Lipinski definition) is 0. The monoisotopic (exact) mass is 648 g/mol. The molecule has 0 amide bonds. The molecule has 2 heteroatoms. The van der Waals surface area contributed by atoms with Crippen molar-refractivity contribution >= 4 is 44.4 Å². The third-order valence-electron chi connectivity index (χ3n) is 12.1. The smallest absolute Gasteiger partial charge is 0.0726 e. The summed E-state index contributed by atoms with van der Waals surface area (Å²) in [6, 6.07) is 58.7. The maximum Gasteiger partial charge on any atom is 0.0726 e. The fourth-order valence-electron chi connectivity index (χ4n) is 10.0. The predicted octanol–water partition coefficient (Wildman–Crippen LogP) is 12.1. The van der Waals surface area contributed by atoms with Crippen molar-refractivity contribution in [3.05, 3.63) is 197 Å². The molecule has 3 aliphatic rings. The summed E-state index contributed by atoms with van der Waals surface area (Å²) in [7, 11) is 0. The Morgan fingerprint density at radius 3 is 1.92 bits per heavy atom. The molecule has 2 nitrogen and oxygen atoms in total. The molecule has 2 aromatic heterocycles. The van der Waals surface area contributed by atoms with Crippen molar-refractivity contribution < 1.29 is 0 Å². The van der Waals surface area contributed by atoms with Crippen LogP contribution in [-0.2, 0) is 11.8 Å². The highest BCUT2D eigenvalue weighted by Crippen LogP contribution is 2.63. The van der Waals surface area contributed by atoms with E-state index >= 15 is 0 Å². The summed E-state index contributed by atoms with van der Waals surface area (Å²) in [6.45, 7) is 0. The molecule has 0 saturated carbocycles. The van der Waals surface area contributed by atoms with Gasteiger partial charge in [0.05, 0.1) is 22.0 Å². The molecule has 0 saturated heterocycles. The first kappa shape index (κ1) is 27.4. The van der Waals surface area contributed by atoms with Gasteiger partial charge < -0.3 is 9.55 Å². The van der Waals surface area contributed by atoms with Gasteiger partial charge in [0.1, 0.15) is 0 Å². The van der Waals surface area contributed by atoms with Gasteiger partial charge in [0.25, 0.3) is 0 Å². The van der Waals surface area contributed by atoms with Crippen LogP contribution >= 0.6 is 0 Å². The summed E-state index contributed by atoms with van der Waals surface area (Å²) in [6.07, 6.45) is 4.47. The number of aromatic amines is 1. The third kappa shape index (κ3) is 3.42. The van der Waals surface area contributed by atoms with Gasteiger partial charge in [-0.15, -0.1) is 0 Å². The van der Waals surface area contributed by atoms with E-state index in [2.05, 4.69) is 173 Å². The molecule has 12 rings (SSSR count). The molecule has 1 N–H and O–H groups in total. The zero-order valence-corrected chi connectivity index (χ0v) is 27.9. The fraction of sp³-hybridized carbons (Fsp3) is 0.0612. The maximum atomic E-state index is 4.01. The van der Waals surface area contributed by atoms with Crippen LogP contribution in [0.15, 0.2) is 158 Å². The van der Waals surface area contributed by atoms with Gasteiger partial charge in [0, 0.05) is 38.7 Å². The van der Waals surface area contributed by atoms with Crippen LogP contribution in [-0.4, -0.2) is 9.55 Å². The van der Waals surface area contributed by atoms with E-state index in [0.717, 1.165) is 12.8 Å². The molecule has 2 heterocycles. The van der Waals surface area contributed by atoms with Gasteiger partial charge in [-0.2, -0.15) is 0 Å². The fourth-order valence-corrected chi connectivity index (χ4v) is 10.0. The minimum Gasteiger partial charge on any atom is -0.357 e. The lowest BCUT2D eigenvalue weighted by molar-refractivity contribution is 0.794. The molecular formula is C49H32N2. The first-order valence-corrected chi connectivity index (χ1v) is 18.1. The molecule has 0 radical (unpaired) electrons. The summed E-state index contributed by atoms with van der Waals surface area (Å²) >= 11 is 0. The Kier molecular flexibility index (Phi) is 5.31. The lowest BCUT2D eigenvalue weighted by atomic mass is 9.70. The van der Waals surface area contributed by atoms with Crippen molar-refractivity contribution in [2.24, 2.45) is 0 Å². The number of aromatic nitrogens is 2. The first-order chi connectivity index (χ1) is 25.3. The van der Waals surface area contributed by atoms with E-state index in [1.807, 2.05) is 0 Å². The zero-order chi connectivity index (χ0) is 33.3. The Bertz CT molecular complexity index is 2920. The number of H-pyrrole nitrogens is 1. The minimum atomic E-state index is -0.325. The summed E-state index contributed by atoms with van der Waals surface area (Å²) in [5, 5.41) is 3.91. The predicted molar refractivity (Wildman–Crippen MR) is 212 cm³/mol. The number of nitrogens with zero attached hydrogens (tertiary/aromatic N) is 1. The van der Waals surface area contributed by atoms with Gasteiger partial charge in [0.2, 0.25) is 0 Å². The van der Waals surface area contributed by atoms with Crippen LogP contribution in [0.1, 0.15) is 45.5 Å². The SMILES string of the molecule is C1=C(c2ccc3c(c2)c2ccccc2n3-c2ccccc2)CCc2[nH]c3c4c(ccc3c21)C1(c2ccccc2-c2ccccc21)c1ccccc1-4. The van der Waals surface area contributed by atoms with Crippen molar-refractivity contribution in [3.63, 3.8) is 0 Å². The van der Waals surface area contributed by atoms with E-state index in [4.69, 9.17) is 0 Å². The molecular weight excluding hydrogens is 617 g/mol. The van der Waals surface area contributed by atoms with Gasteiger partial charge >= 0.3 is 0 Å². The van der Waals surface area contributed by atoms with Gasteiger partial charge in [-0.1, -0.05) is 127 Å². The van der Waals surface area contributed by atoms with Crippen molar-refractivity contribution in [1.29, 1.82) is 0 Å². The van der Waals surface area contributed by atoms with Crippen molar-refractivity contribution in [1.82, 2.24) is 9.55 Å². The highest BCUT2D eigenvalue weighted by molar-refractivity contribution is 6.12. The van der Waals surface area contributed by atoms with E-state index in [0.29, 0.717) is 0 Å². The standard InChI is InChI=1S/C49H32N2/c1-2-12-32(13-3-1)51-45-21-11-7-16-35(45)39-29-31(23-27-46(39)51)30-22-26-44-38(28-30)36-24-25-43-47(48(36)50-44)37-17-6-10-20-42(37)49(43)40-18-8-4-14-33(40)34-15-5-9-19-41(34)49/h1-21,23-25,27-29,50H,22,26H2. The Morgan fingerprint density at radius 1 is 0.490 bits per heavy atom. The first-order valence-electron chi connectivity index (χ1n) is 18.1. The molecule has 238 valence electrons. The normalized spacial score (nSPS) is 14.8. The van der Waals surface area contributed by atoms with Crippen molar-refractivity contribution in [2.75, 3.05) is 0 Å². The number of rotatable bonds is 2. The van der Waals surface area contributed by atoms with Gasteiger partial charge in [-0.3, -0.25) is 0 Å². The Hall–Kier alpha value is -6.38. The van der Waals surface area contributed by atoms with Crippen LogP contribution in [0.25, 0.3) is 72.3 Å². The zero-order valence-electron chi connectivity index (χ0n) is 27.9. The second-order valence-electron chi connectivity index (χ2n) is 14.4. The van der Waals surface area contributed by atoms with E-state index in [1.54, 1.807) is 0 Å². The van der Waals surface area contributed by atoms with E-state index in [1.165, 1.54) is 105 Å². The number of allylic oxidation sites excluding steroid dienone is 1. The largest absolute Gasteiger partial charge is 0.357 e. The van der Waals surface area contributed by atoms with Crippen LogP contribution in [0.3, 0.4) is 0 Å². The van der Waals surface area contributed by atoms with Gasteiger partial charge in [-0.05, 0) is 99.3 Å². The summed E-state index contributed by atoms with van der Waals surface area (Å²) in [4.78, 5) is 4.01. The number of benzene rings is 7. The lowest BCUT2D eigenvalue weighted by Gasteiger charge is -2.30. The highest BCUT2D eigenvalue weighted by atomic mass is 15.0. The van der Waals surface area contributed by atoms with Crippen LogP contribution < -0.4 is 0 Å². The molecule has 3 aliphatic carbocycles. The van der Waals surface area contributed by atoms with Crippen LogP contribution in [0.2, 0.25) is 0 Å². The molecule has 9 aromatic rings. The molecule has 0 unspecified atom stereocenters. The Labute approximate surface area is 296 Å². The molecule has 7 aromatic carbocycles. The third-order valence-corrected chi connectivity index (χ3v) is 12.1. The molecule has 1 spiro atoms. The van der Waals surface area contributed by atoms with Crippen LogP contribution in [0.5, 0.6) is 0 Å². The second kappa shape index (κ2) is 9.87. The number of hydrogen-bond donors (Lipinski definition) is 1. The average Bonchev–Trinajstić information content (AvgIpc) is 3.91. The van der Waals surface area contributed by atoms with Crippen molar-refractivity contribution in [3.8, 4) is 27.9 Å². The van der Waals surface area contributed by atoms with Crippen molar-refractivity contribution in [2.45, 2.75) is 18.3 Å². The Balaban J connectivity index is 1.06. The van der Waals surface area contributed by atoms with Gasteiger partial charge in [0.15, 0.2) is 0 Å². The number of para-hydroxylation sites is 2. The topological polar surface area (TPSA) is 20.7 Å². The molecule has 51 heavy (non-hydrogen) atoms. The maximum absolute atomic E-state index is 4.01. The number of aryl methyl sites for hydroxylation is 1. The van der Waals surface area contributed by atoms with Crippen LogP contribution in [0.4, 0.5) is 0 Å². The second-order valence-corrected chi connectivity index (χ2v) is 14.4. The average molecular weight is 649 g/mol. The summed E-state index contributed by atoms with van der Waals surface area (Å²) in [5.41, 5.74) is 20.9. The molecule has 0 fully saturated rings. The van der Waals surface area contributed by atoms with Gasteiger partial charge in [-0.25, -0.2) is 0 Å². The summed E-state index contributed by atoms with van der Waals surface area (Å²) in [5.74, 6) is 0. The minimum absolute atomic E-state index is 0.325. The molecule has 0 atom stereocenters. The molecule has 0 bridgehead atoms. The lowest BCUT2D eigenvalue weighted by Crippen LogP contribution is -2.25. The molecule has 0 aliphatic heterocycles. The number of nitrogens with one attached hydrogen (secondary N) is 1. The quantitative estimate of drug-likeness (QED) is 0.193. The Morgan fingerprint density at radius 2 is 1.14 bits per heavy atom. The number of fused-ring (bicyclic) bond motifs is 17. The van der Waals surface area contributed by atoms with E-state index in [9.17, 15) is 0 Å². The summed E-state index contributed by atoms with van der Waals surface area (Å²) < 4.78 is 2.40. The van der Waals surface area contributed by atoms with Crippen LogP contribution in [0, 0.1) is 0 Å². The van der Waals surface area contributed by atoms with E-state index in [-0.39, 0.29) is 5.41 Å².